The third-order valence-electron chi connectivity index (χ3n) is 4.23. The minimum absolute atomic E-state index is 0.138. The molecule has 1 aliphatic rings. The zero-order valence-electron chi connectivity index (χ0n) is 13.3. The van der Waals surface area contributed by atoms with Gasteiger partial charge in [-0.1, -0.05) is 40.5 Å². The van der Waals surface area contributed by atoms with Crippen LogP contribution in [0.25, 0.3) is 11.4 Å². The summed E-state index contributed by atoms with van der Waals surface area (Å²) in [6.45, 7) is 0.328. The topological polar surface area (TPSA) is 59.2 Å². The third kappa shape index (κ3) is 3.06. The first-order chi connectivity index (χ1) is 12.5. The van der Waals surface area contributed by atoms with Gasteiger partial charge in [-0.25, -0.2) is 4.39 Å². The Bertz CT molecular complexity index is 992. The molecule has 0 aliphatic carbocycles. The van der Waals surface area contributed by atoms with Crippen LogP contribution in [0.1, 0.15) is 18.2 Å². The number of anilines is 1. The number of rotatable bonds is 3. The lowest BCUT2D eigenvalue weighted by atomic mass is 10.1. The highest BCUT2D eigenvalue weighted by atomic mass is 35.5. The molecule has 5 nitrogen and oxygen atoms in total. The number of carbonyl (C=O) groups excluding carboxylic acids is 1. The number of amides is 1. The van der Waals surface area contributed by atoms with Crippen LogP contribution in [0.5, 0.6) is 0 Å². The van der Waals surface area contributed by atoms with Gasteiger partial charge in [-0.05, 0) is 30.3 Å². The molecule has 0 N–H and O–H groups in total. The van der Waals surface area contributed by atoms with Gasteiger partial charge in [0.15, 0.2) is 0 Å². The molecule has 3 aromatic rings. The molecule has 1 saturated heterocycles. The zero-order chi connectivity index (χ0) is 18.3. The van der Waals surface area contributed by atoms with Crippen LogP contribution in [-0.4, -0.2) is 22.6 Å². The number of benzene rings is 2. The lowest BCUT2D eigenvalue weighted by Gasteiger charge is -2.17. The van der Waals surface area contributed by atoms with Gasteiger partial charge in [0.1, 0.15) is 5.82 Å². The van der Waals surface area contributed by atoms with Gasteiger partial charge >= 0.3 is 0 Å². The van der Waals surface area contributed by atoms with Gasteiger partial charge < -0.3 is 9.42 Å². The van der Waals surface area contributed by atoms with E-state index in [1.807, 2.05) is 12.1 Å². The van der Waals surface area contributed by atoms with E-state index in [1.54, 1.807) is 12.1 Å². The fraction of sp³-hybridized carbons (Fsp3) is 0.167. The van der Waals surface area contributed by atoms with Crippen molar-refractivity contribution in [3.05, 3.63) is 64.2 Å². The highest BCUT2D eigenvalue weighted by Gasteiger charge is 2.36. The van der Waals surface area contributed by atoms with Crippen molar-refractivity contribution >= 4 is 34.8 Å². The van der Waals surface area contributed by atoms with E-state index < -0.39 is 5.82 Å². The molecule has 1 atom stereocenters. The minimum Gasteiger partial charge on any atom is -0.339 e. The maximum Gasteiger partial charge on any atom is 0.232 e. The van der Waals surface area contributed by atoms with Gasteiger partial charge in [0, 0.05) is 18.5 Å². The number of hydrogen-bond donors (Lipinski definition) is 0. The standard InChI is InChI=1S/C18H12Cl2FN3O2/c19-13-4-2-1-3-12(13)17-22-18(26-23-17)10-7-16(25)24(9-10)15-6-5-11(21)8-14(15)20/h1-6,8,10H,7,9H2. The fourth-order valence-corrected chi connectivity index (χ4v) is 3.45. The maximum atomic E-state index is 13.2. The summed E-state index contributed by atoms with van der Waals surface area (Å²) in [5, 5.41) is 4.67. The van der Waals surface area contributed by atoms with Crippen molar-refractivity contribution in [3.8, 4) is 11.4 Å². The fourth-order valence-electron chi connectivity index (χ4n) is 2.96. The van der Waals surface area contributed by atoms with Crippen LogP contribution >= 0.6 is 23.2 Å². The summed E-state index contributed by atoms with van der Waals surface area (Å²) < 4.78 is 18.6. The molecule has 2 heterocycles. The molecule has 26 heavy (non-hydrogen) atoms. The average Bonchev–Trinajstić information content (AvgIpc) is 3.22. The first-order valence-electron chi connectivity index (χ1n) is 7.87. The number of hydrogen-bond acceptors (Lipinski definition) is 4. The smallest absolute Gasteiger partial charge is 0.232 e. The minimum atomic E-state index is -0.455. The quantitative estimate of drug-likeness (QED) is 0.648. The first-order valence-corrected chi connectivity index (χ1v) is 8.62. The summed E-state index contributed by atoms with van der Waals surface area (Å²) in [5.41, 5.74) is 1.12. The van der Waals surface area contributed by atoms with Crippen molar-refractivity contribution < 1.29 is 13.7 Å². The van der Waals surface area contributed by atoms with Gasteiger partial charge in [0.2, 0.25) is 17.6 Å². The van der Waals surface area contributed by atoms with Crippen LogP contribution in [0, 0.1) is 5.82 Å². The van der Waals surface area contributed by atoms with Crippen molar-refractivity contribution in [1.29, 1.82) is 0 Å². The van der Waals surface area contributed by atoms with E-state index in [9.17, 15) is 9.18 Å². The SMILES string of the molecule is O=C1CC(c2nc(-c3ccccc3Cl)no2)CN1c1ccc(F)cc1Cl. The van der Waals surface area contributed by atoms with Crippen molar-refractivity contribution in [2.45, 2.75) is 12.3 Å². The van der Waals surface area contributed by atoms with E-state index in [2.05, 4.69) is 10.1 Å². The second kappa shape index (κ2) is 6.70. The van der Waals surface area contributed by atoms with E-state index >= 15 is 0 Å². The van der Waals surface area contributed by atoms with Gasteiger partial charge in [-0.3, -0.25) is 4.79 Å². The Kier molecular flexibility index (Phi) is 4.38. The summed E-state index contributed by atoms with van der Waals surface area (Å²) in [6.07, 6.45) is 0.206. The van der Waals surface area contributed by atoms with Crippen molar-refractivity contribution in [3.63, 3.8) is 0 Å². The summed E-state index contributed by atoms with van der Waals surface area (Å²) in [7, 11) is 0. The van der Waals surface area contributed by atoms with Gasteiger partial charge in [0.25, 0.3) is 0 Å². The third-order valence-corrected chi connectivity index (χ3v) is 4.86. The largest absolute Gasteiger partial charge is 0.339 e. The molecule has 132 valence electrons. The second-order valence-corrected chi connectivity index (χ2v) is 6.75. The van der Waals surface area contributed by atoms with E-state index in [0.717, 1.165) is 0 Å². The van der Waals surface area contributed by atoms with E-state index in [4.69, 9.17) is 27.7 Å². The van der Waals surface area contributed by atoms with Gasteiger partial charge in [0.05, 0.1) is 21.7 Å². The Morgan fingerprint density at radius 1 is 1.15 bits per heavy atom. The number of nitrogens with zero attached hydrogens (tertiary/aromatic N) is 3. The molecule has 1 aliphatic heterocycles. The molecule has 0 radical (unpaired) electrons. The molecular weight excluding hydrogens is 380 g/mol. The molecule has 8 heteroatoms. The number of aromatic nitrogens is 2. The van der Waals surface area contributed by atoms with Crippen LogP contribution in [0.15, 0.2) is 47.0 Å². The normalized spacial score (nSPS) is 17.1. The molecule has 2 aromatic carbocycles. The Balaban J connectivity index is 1.59. The highest BCUT2D eigenvalue weighted by molar-refractivity contribution is 6.34. The zero-order valence-corrected chi connectivity index (χ0v) is 14.8. The molecular formula is C18H12Cl2FN3O2. The van der Waals surface area contributed by atoms with Crippen LogP contribution in [0.2, 0.25) is 10.0 Å². The van der Waals surface area contributed by atoms with Crippen molar-refractivity contribution in [1.82, 2.24) is 10.1 Å². The molecule has 0 spiro atoms. The molecule has 0 saturated carbocycles. The lowest BCUT2D eigenvalue weighted by molar-refractivity contribution is -0.117. The van der Waals surface area contributed by atoms with E-state index in [1.165, 1.54) is 23.1 Å². The Hall–Kier alpha value is -2.44. The molecule has 4 rings (SSSR count). The lowest BCUT2D eigenvalue weighted by Crippen LogP contribution is -2.24. The van der Waals surface area contributed by atoms with E-state index in [-0.39, 0.29) is 23.3 Å². The Morgan fingerprint density at radius 3 is 2.73 bits per heavy atom. The highest BCUT2D eigenvalue weighted by Crippen LogP contribution is 2.36. The van der Waals surface area contributed by atoms with Crippen LogP contribution in [0.3, 0.4) is 0 Å². The summed E-state index contributed by atoms with van der Waals surface area (Å²) in [5.74, 6) is -0.137. The predicted molar refractivity (Wildman–Crippen MR) is 95.9 cm³/mol. The molecule has 0 bridgehead atoms. The van der Waals surface area contributed by atoms with E-state index in [0.29, 0.717) is 34.5 Å². The Labute approximate surface area is 158 Å². The first kappa shape index (κ1) is 17.0. The molecule has 1 aromatic heterocycles. The number of carbonyl (C=O) groups is 1. The predicted octanol–water partition coefficient (Wildman–Crippen LogP) is 4.70. The van der Waals surface area contributed by atoms with Gasteiger partial charge in [-0.2, -0.15) is 4.98 Å². The van der Waals surface area contributed by atoms with Gasteiger partial charge in [-0.15, -0.1) is 0 Å². The van der Waals surface area contributed by atoms with Crippen LogP contribution in [-0.2, 0) is 4.79 Å². The maximum absolute atomic E-state index is 13.2. The monoisotopic (exact) mass is 391 g/mol. The van der Waals surface area contributed by atoms with Crippen LogP contribution in [0.4, 0.5) is 10.1 Å². The summed E-state index contributed by atoms with van der Waals surface area (Å²) >= 11 is 12.2. The van der Waals surface area contributed by atoms with Crippen molar-refractivity contribution in [2.24, 2.45) is 0 Å². The number of halogens is 3. The Morgan fingerprint density at radius 2 is 1.96 bits per heavy atom. The van der Waals surface area contributed by atoms with Crippen LogP contribution < -0.4 is 4.90 Å². The summed E-state index contributed by atoms with van der Waals surface area (Å²) in [6, 6.07) is 11.1. The van der Waals surface area contributed by atoms with Crippen molar-refractivity contribution in [2.75, 3.05) is 11.4 Å². The summed E-state index contributed by atoms with van der Waals surface area (Å²) in [4.78, 5) is 18.3. The average molecular weight is 392 g/mol. The molecule has 1 unspecified atom stereocenters. The molecule has 1 amide bonds. The molecule has 1 fully saturated rings. The second-order valence-electron chi connectivity index (χ2n) is 5.94.